The minimum absolute atomic E-state index is 0. The topological polar surface area (TPSA) is 38.3 Å². The fourth-order valence-corrected chi connectivity index (χ4v) is 1.79. The van der Waals surface area contributed by atoms with Gasteiger partial charge < -0.3 is 10.1 Å². The van der Waals surface area contributed by atoms with Gasteiger partial charge in [0.25, 0.3) is 0 Å². The highest BCUT2D eigenvalue weighted by Crippen LogP contribution is 2.34. The van der Waals surface area contributed by atoms with Crippen molar-refractivity contribution in [3.8, 4) is 0 Å². The van der Waals surface area contributed by atoms with Gasteiger partial charge in [-0.05, 0) is 23.8 Å². The molecule has 1 heterocycles. The predicted molar refractivity (Wildman–Crippen MR) is 60.9 cm³/mol. The van der Waals surface area contributed by atoms with Crippen LogP contribution in [0.25, 0.3) is 0 Å². The quantitative estimate of drug-likeness (QED) is 0.861. The molecule has 1 atom stereocenters. The zero-order valence-electron chi connectivity index (χ0n) is 8.75. The zero-order chi connectivity index (χ0) is 12.6. The van der Waals surface area contributed by atoms with Crippen molar-refractivity contribution in [2.45, 2.75) is 12.2 Å². The Morgan fingerprint density at radius 1 is 1.39 bits per heavy atom. The molecule has 1 fully saturated rings. The molecule has 0 bridgehead atoms. The van der Waals surface area contributed by atoms with Crippen molar-refractivity contribution in [2.24, 2.45) is 0 Å². The molecule has 1 N–H and O–H groups in total. The van der Waals surface area contributed by atoms with Crippen molar-refractivity contribution in [3.05, 3.63) is 34.3 Å². The van der Waals surface area contributed by atoms with Gasteiger partial charge in [0.15, 0.2) is 0 Å². The summed E-state index contributed by atoms with van der Waals surface area (Å²) in [6.45, 7) is -0.0279. The Morgan fingerprint density at radius 3 is 2.56 bits per heavy atom. The molecular formula is C10H8Cl2F3NO2. The molecule has 0 saturated carbocycles. The van der Waals surface area contributed by atoms with Crippen LogP contribution in [0.4, 0.5) is 18.0 Å². The molecule has 0 radical (unpaired) electrons. The number of alkyl halides is 3. The number of benzene rings is 1. The Morgan fingerprint density at radius 2 is 2.06 bits per heavy atom. The number of alkyl carbamates (subject to hydrolysis) is 1. The van der Waals surface area contributed by atoms with Crippen molar-refractivity contribution in [2.75, 3.05) is 6.61 Å². The second-order valence-corrected chi connectivity index (χ2v) is 3.94. The van der Waals surface area contributed by atoms with Crippen LogP contribution in [-0.4, -0.2) is 12.7 Å². The molecule has 0 unspecified atom stereocenters. The normalized spacial score (nSPS) is 18.9. The van der Waals surface area contributed by atoms with Gasteiger partial charge in [-0.25, -0.2) is 4.79 Å². The fourth-order valence-electron chi connectivity index (χ4n) is 1.54. The van der Waals surface area contributed by atoms with Gasteiger partial charge in [-0.1, -0.05) is 11.6 Å². The molecule has 1 amide bonds. The second-order valence-electron chi connectivity index (χ2n) is 3.53. The molecule has 1 aromatic carbocycles. The van der Waals surface area contributed by atoms with E-state index in [-0.39, 0.29) is 29.6 Å². The van der Waals surface area contributed by atoms with Crippen LogP contribution in [0.5, 0.6) is 0 Å². The van der Waals surface area contributed by atoms with Crippen LogP contribution in [-0.2, 0) is 10.9 Å². The molecule has 0 aliphatic carbocycles. The van der Waals surface area contributed by atoms with Gasteiger partial charge in [0.1, 0.15) is 6.61 Å². The van der Waals surface area contributed by atoms with E-state index in [1.54, 1.807) is 0 Å². The second kappa shape index (κ2) is 5.24. The first kappa shape index (κ1) is 14.9. The molecule has 18 heavy (non-hydrogen) atoms. The average Bonchev–Trinajstić information content (AvgIpc) is 2.63. The van der Waals surface area contributed by atoms with Crippen LogP contribution in [0.1, 0.15) is 17.2 Å². The molecule has 8 heteroatoms. The molecule has 0 aromatic heterocycles. The van der Waals surface area contributed by atoms with Crippen molar-refractivity contribution in [1.82, 2.24) is 5.32 Å². The highest BCUT2D eigenvalue weighted by Gasteiger charge is 2.33. The molecular weight excluding hydrogens is 294 g/mol. The Balaban J connectivity index is 0.00000162. The Bertz CT molecular complexity index is 465. The van der Waals surface area contributed by atoms with Gasteiger partial charge in [0.05, 0.1) is 11.6 Å². The summed E-state index contributed by atoms with van der Waals surface area (Å²) in [5.41, 5.74) is -0.606. The molecule has 100 valence electrons. The van der Waals surface area contributed by atoms with Crippen LogP contribution in [0.15, 0.2) is 18.2 Å². The Kier molecular flexibility index (Phi) is 4.34. The lowest BCUT2D eigenvalue weighted by atomic mass is 10.0. The summed E-state index contributed by atoms with van der Waals surface area (Å²) in [5, 5.41) is 2.54. The van der Waals surface area contributed by atoms with Gasteiger partial charge in [-0.15, -0.1) is 12.4 Å². The Hall–Kier alpha value is -1.14. The summed E-state index contributed by atoms with van der Waals surface area (Å²) in [6.07, 6.45) is -5.11. The minimum Gasteiger partial charge on any atom is -0.447 e. The molecule has 0 spiro atoms. The number of amides is 1. The van der Waals surface area contributed by atoms with E-state index >= 15 is 0 Å². The largest absolute Gasteiger partial charge is 0.447 e. The van der Waals surface area contributed by atoms with E-state index in [1.165, 1.54) is 0 Å². The lowest BCUT2D eigenvalue weighted by Crippen LogP contribution is -2.19. The van der Waals surface area contributed by atoms with Crippen LogP contribution >= 0.6 is 24.0 Å². The third-order valence-electron chi connectivity index (χ3n) is 2.37. The molecule has 2 rings (SSSR count). The summed E-state index contributed by atoms with van der Waals surface area (Å²) in [6, 6.07) is 2.33. The number of cyclic esters (lactones) is 1. The number of hydrogen-bond donors (Lipinski definition) is 1. The van der Waals surface area contributed by atoms with Crippen molar-refractivity contribution in [3.63, 3.8) is 0 Å². The van der Waals surface area contributed by atoms with Gasteiger partial charge in [-0.3, -0.25) is 0 Å². The fraction of sp³-hybridized carbons (Fsp3) is 0.300. The third kappa shape index (κ3) is 3.00. The third-order valence-corrected chi connectivity index (χ3v) is 2.72. The number of carbonyl (C=O) groups is 1. The summed E-state index contributed by atoms with van der Waals surface area (Å²) in [5.74, 6) is 0. The summed E-state index contributed by atoms with van der Waals surface area (Å²) < 4.78 is 42.1. The number of halogens is 5. The summed E-state index contributed by atoms with van der Waals surface area (Å²) in [7, 11) is 0. The van der Waals surface area contributed by atoms with Crippen LogP contribution in [0, 0.1) is 0 Å². The maximum absolute atomic E-state index is 12.5. The lowest BCUT2D eigenvalue weighted by Gasteiger charge is -2.13. The molecule has 1 aliphatic heterocycles. The molecule has 1 saturated heterocycles. The van der Waals surface area contributed by atoms with E-state index in [4.69, 9.17) is 11.6 Å². The number of rotatable bonds is 1. The maximum Gasteiger partial charge on any atom is 0.416 e. The first-order chi connectivity index (χ1) is 7.88. The van der Waals surface area contributed by atoms with Crippen LogP contribution in [0.3, 0.4) is 0 Å². The Labute approximate surface area is 112 Å². The lowest BCUT2D eigenvalue weighted by molar-refractivity contribution is -0.137. The molecule has 3 nitrogen and oxygen atoms in total. The van der Waals surface area contributed by atoms with Gasteiger partial charge in [0.2, 0.25) is 0 Å². The van der Waals surface area contributed by atoms with E-state index in [0.717, 1.165) is 18.2 Å². The van der Waals surface area contributed by atoms with E-state index in [0.29, 0.717) is 0 Å². The zero-order valence-corrected chi connectivity index (χ0v) is 10.3. The van der Waals surface area contributed by atoms with E-state index in [1.807, 2.05) is 0 Å². The van der Waals surface area contributed by atoms with Crippen molar-refractivity contribution >= 4 is 30.1 Å². The van der Waals surface area contributed by atoms with Crippen molar-refractivity contribution in [1.29, 1.82) is 0 Å². The molecule has 1 aliphatic rings. The summed E-state index contributed by atoms with van der Waals surface area (Å²) >= 11 is 5.80. The SMILES string of the molecule is Cl.O=C1N[C@@H](c2cc(C(F)(F)F)ccc2Cl)CO1. The summed E-state index contributed by atoms with van der Waals surface area (Å²) in [4.78, 5) is 10.8. The average molecular weight is 302 g/mol. The van der Waals surface area contributed by atoms with Gasteiger partial charge in [-0.2, -0.15) is 13.2 Å². The standard InChI is InChI=1S/C10H7ClF3NO2.ClH/c11-7-2-1-5(10(12,13)14)3-6(7)8-4-17-9(16)15-8;/h1-3,8H,4H2,(H,15,16);1H/t8-;/m1./s1. The number of carbonyl (C=O) groups excluding carboxylic acids is 1. The maximum atomic E-state index is 12.5. The van der Waals surface area contributed by atoms with Gasteiger partial charge >= 0.3 is 12.3 Å². The van der Waals surface area contributed by atoms with Crippen molar-refractivity contribution < 1.29 is 22.7 Å². The number of nitrogens with one attached hydrogen (secondary N) is 1. The first-order valence-corrected chi connectivity index (χ1v) is 5.05. The van der Waals surface area contributed by atoms with E-state index in [2.05, 4.69) is 10.1 Å². The number of hydrogen-bond acceptors (Lipinski definition) is 2. The predicted octanol–water partition coefficient (Wildman–Crippen LogP) is 3.56. The van der Waals surface area contributed by atoms with Crippen LogP contribution < -0.4 is 5.32 Å². The highest BCUT2D eigenvalue weighted by atomic mass is 35.5. The monoisotopic (exact) mass is 301 g/mol. The molecule has 1 aromatic rings. The minimum atomic E-state index is -4.44. The van der Waals surface area contributed by atoms with E-state index in [9.17, 15) is 18.0 Å². The van der Waals surface area contributed by atoms with E-state index < -0.39 is 23.9 Å². The highest BCUT2D eigenvalue weighted by molar-refractivity contribution is 6.31. The van der Waals surface area contributed by atoms with Crippen LogP contribution in [0.2, 0.25) is 5.02 Å². The number of ether oxygens (including phenoxy) is 1. The smallest absolute Gasteiger partial charge is 0.416 e. The van der Waals surface area contributed by atoms with Gasteiger partial charge in [0, 0.05) is 5.02 Å². The first-order valence-electron chi connectivity index (χ1n) is 4.68.